The lowest BCUT2D eigenvalue weighted by molar-refractivity contribution is 0.0880. The molecule has 3 aromatic heterocycles. The van der Waals surface area contributed by atoms with Crippen LogP contribution in [0.25, 0.3) is 5.78 Å². The average Bonchev–Trinajstić information content (AvgIpc) is 3.15. The first-order valence-corrected chi connectivity index (χ1v) is 9.56. The topological polar surface area (TPSA) is 118 Å². The number of ether oxygens (including phenoxy) is 1. The molecule has 3 aromatic rings. The monoisotopic (exact) mass is 391 g/mol. The molecular weight excluding hydrogens is 370 g/mol. The minimum absolute atomic E-state index is 0.0479. The Labute approximate surface area is 167 Å². The Morgan fingerprint density at radius 3 is 2.72 bits per heavy atom. The van der Waals surface area contributed by atoms with E-state index in [0.717, 1.165) is 37.1 Å². The number of nitriles is 1. The van der Waals surface area contributed by atoms with Crippen LogP contribution in [0.15, 0.2) is 24.4 Å². The van der Waals surface area contributed by atoms with Gasteiger partial charge in [-0.2, -0.15) is 10.2 Å². The molecule has 0 saturated heterocycles. The second kappa shape index (κ2) is 7.83. The van der Waals surface area contributed by atoms with Gasteiger partial charge < -0.3 is 10.1 Å². The molecule has 148 valence electrons. The van der Waals surface area contributed by atoms with Crippen molar-refractivity contribution < 1.29 is 9.53 Å². The molecule has 0 unspecified atom stereocenters. The standard InChI is InChI=1S/C20H21N7O2/c1-12-9-13(2)27-20(23-12)25-18(26-27)19(28)24-15-4-6-16(7-5-15)29-17-8-3-14(10-21)11-22-17/h3,8-9,11,15-16H,4-7H2,1-2H3,(H,24,28). The fourth-order valence-corrected chi connectivity index (χ4v) is 3.52. The van der Waals surface area contributed by atoms with Crippen molar-refractivity contribution in [1.82, 2.24) is 29.9 Å². The van der Waals surface area contributed by atoms with E-state index in [9.17, 15) is 4.79 Å². The summed E-state index contributed by atoms with van der Waals surface area (Å²) in [6.07, 6.45) is 4.77. The Kier molecular flexibility index (Phi) is 5.08. The number of carbonyl (C=O) groups is 1. The number of rotatable bonds is 4. The molecular formula is C20H21N7O2. The molecule has 1 saturated carbocycles. The number of nitrogens with one attached hydrogen (secondary N) is 1. The highest BCUT2D eigenvalue weighted by Gasteiger charge is 2.25. The van der Waals surface area contributed by atoms with Crippen molar-refractivity contribution in [2.24, 2.45) is 0 Å². The maximum Gasteiger partial charge on any atom is 0.291 e. The summed E-state index contributed by atoms with van der Waals surface area (Å²) in [4.78, 5) is 25.3. The molecule has 29 heavy (non-hydrogen) atoms. The first kappa shape index (κ1) is 18.8. The first-order chi connectivity index (χ1) is 14.0. The summed E-state index contributed by atoms with van der Waals surface area (Å²) in [6.45, 7) is 3.79. The number of aryl methyl sites for hydroxylation is 2. The van der Waals surface area contributed by atoms with Crippen molar-refractivity contribution in [2.45, 2.75) is 51.7 Å². The number of fused-ring (bicyclic) bond motifs is 1. The number of hydrogen-bond donors (Lipinski definition) is 1. The Morgan fingerprint density at radius 1 is 1.24 bits per heavy atom. The van der Waals surface area contributed by atoms with Gasteiger partial charge in [-0.15, -0.1) is 5.10 Å². The SMILES string of the molecule is Cc1cc(C)n2nc(C(=O)NC3CCC(Oc4ccc(C#N)cn4)CC3)nc2n1. The number of nitrogens with zero attached hydrogens (tertiary/aromatic N) is 6. The number of aromatic nitrogens is 5. The fourth-order valence-electron chi connectivity index (χ4n) is 3.52. The van der Waals surface area contributed by atoms with Crippen LogP contribution in [0.1, 0.15) is 53.3 Å². The van der Waals surface area contributed by atoms with Crippen LogP contribution in [-0.2, 0) is 0 Å². The van der Waals surface area contributed by atoms with E-state index in [-0.39, 0.29) is 23.9 Å². The lowest BCUT2D eigenvalue weighted by Gasteiger charge is -2.28. The average molecular weight is 391 g/mol. The van der Waals surface area contributed by atoms with Crippen LogP contribution in [0.3, 0.4) is 0 Å². The smallest absolute Gasteiger partial charge is 0.291 e. The van der Waals surface area contributed by atoms with Crippen LogP contribution >= 0.6 is 0 Å². The zero-order valence-corrected chi connectivity index (χ0v) is 16.3. The maximum atomic E-state index is 12.6. The minimum Gasteiger partial charge on any atom is -0.474 e. The van der Waals surface area contributed by atoms with E-state index in [0.29, 0.717) is 17.2 Å². The van der Waals surface area contributed by atoms with Gasteiger partial charge in [0.05, 0.1) is 5.56 Å². The van der Waals surface area contributed by atoms with Crippen LogP contribution in [-0.4, -0.2) is 42.6 Å². The molecule has 1 fully saturated rings. The zero-order valence-electron chi connectivity index (χ0n) is 16.3. The Hall–Kier alpha value is -3.54. The third-order valence-electron chi connectivity index (χ3n) is 4.98. The molecule has 0 atom stereocenters. The van der Waals surface area contributed by atoms with Gasteiger partial charge in [0.2, 0.25) is 11.7 Å². The van der Waals surface area contributed by atoms with Crippen molar-refractivity contribution in [3.05, 3.63) is 47.2 Å². The predicted molar refractivity (Wildman–Crippen MR) is 103 cm³/mol. The van der Waals surface area contributed by atoms with Gasteiger partial charge in [0.1, 0.15) is 12.2 Å². The summed E-state index contributed by atoms with van der Waals surface area (Å²) in [7, 11) is 0. The highest BCUT2D eigenvalue weighted by atomic mass is 16.5. The fraction of sp³-hybridized carbons (Fsp3) is 0.400. The molecule has 9 nitrogen and oxygen atoms in total. The van der Waals surface area contributed by atoms with Crippen LogP contribution in [0.2, 0.25) is 0 Å². The molecule has 0 radical (unpaired) electrons. The molecule has 0 aliphatic heterocycles. The van der Waals surface area contributed by atoms with Crippen LogP contribution in [0.4, 0.5) is 0 Å². The van der Waals surface area contributed by atoms with E-state index >= 15 is 0 Å². The van der Waals surface area contributed by atoms with Crippen molar-refractivity contribution in [2.75, 3.05) is 0 Å². The summed E-state index contributed by atoms with van der Waals surface area (Å²) in [5.41, 5.74) is 2.22. The second-order valence-corrected chi connectivity index (χ2v) is 7.25. The van der Waals surface area contributed by atoms with E-state index in [1.807, 2.05) is 26.0 Å². The first-order valence-electron chi connectivity index (χ1n) is 9.56. The van der Waals surface area contributed by atoms with Gasteiger partial charge in [0.15, 0.2) is 0 Å². The maximum absolute atomic E-state index is 12.6. The number of amides is 1. The van der Waals surface area contributed by atoms with Crippen molar-refractivity contribution in [3.63, 3.8) is 0 Å². The number of carbonyl (C=O) groups excluding carboxylic acids is 1. The largest absolute Gasteiger partial charge is 0.474 e. The van der Waals surface area contributed by atoms with E-state index in [1.165, 1.54) is 6.20 Å². The Bertz CT molecular complexity index is 1080. The Morgan fingerprint density at radius 2 is 2.03 bits per heavy atom. The summed E-state index contributed by atoms with van der Waals surface area (Å²) >= 11 is 0. The molecule has 3 heterocycles. The van der Waals surface area contributed by atoms with Crippen molar-refractivity contribution in [3.8, 4) is 11.9 Å². The quantitative estimate of drug-likeness (QED) is 0.724. The van der Waals surface area contributed by atoms with Gasteiger partial charge in [-0.05, 0) is 51.7 Å². The van der Waals surface area contributed by atoms with Crippen molar-refractivity contribution >= 4 is 11.7 Å². The summed E-state index contributed by atoms with van der Waals surface area (Å²) in [5.74, 6) is 0.792. The molecule has 0 spiro atoms. The summed E-state index contributed by atoms with van der Waals surface area (Å²) in [5, 5.41) is 16.1. The van der Waals surface area contributed by atoms with E-state index in [2.05, 4.69) is 25.4 Å². The summed E-state index contributed by atoms with van der Waals surface area (Å²) in [6, 6.07) is 7.38. The van der Waals surface area contributed by atoms with Gasteiger partial charge in [-0.1, -0.05) is 0 Å². The second-order valence-electron chi connectivity index (χ2n) is 7.25. The third-order valence-corrected chi connectivity index (χ3v) is 4.98. The number of pyridine rings is 1. The van der Waals surface area contributed by atoms with Gasteiger partial charge >= 0.3 is 0 Å². The van der Waals surface area contributed by atoms with Crippen LogP contribution in [0.5, 0.6) is 5.88 Å². The lowest BCUT2D eigenvalue weighted by Crippen LogP contribution is -2.40. The summed E-state index contributed by atoms with van der Waals surface area (Å²) < 4.78 is 7.47. The van der Waals surface area contributed by atoms with Crippen molar-refractivity contribution in [1.29, 1.82) is 5.26 Å². The van der Waals surface area contributed by atoms with E-state index < -0.39 is 0 Å². The predicted octanol–water partition coefficient (Wildman–Crippen LogP) is 2.13. The molecule has 1 aliphatic carbocycles. The molecule has 1 aliphatic rings. The normalized spacial score (nSPS) is 18.9. The molecule has 1 amide bonds. The zero-order chi connectivity index (χ0) is 20.4. The van der Waals surface area contributed by atoms with Crippen LogP contribution in [0, 0.1) is 25.2 Å². The number of hydrogen-bond acceptors (Lipinski definition) is 7. The highest BCUT2D eigenvalue weighted by Crippen LogP contribution is 2.23. The van der Waals surface area contributed by atoms with Gasteiger partial charge in [-0.3, -0.25) is 4.79 Å². The molecule has 4 rings (SSSR count). The Balaban J connectivity index is 1.33. The van der Waals surface area contributed by atoms with E-state index in [1.54, 1.807) is 16.6 Å². The minimum atomic E-state index is -0.286. The van der Waals surface area contributed by atoms with Gasteiger partial charge in [0.25, 0.3) is 11.7 Å². The van der Waals surface area contributed by atoms with Crippen LogP contribution < -0.4 is 10.1 Å². The molecule has 1 N–H and O–H groups in total. The lowest BCUT2D eigenvalue weighted by atomic mass is 9.93. The molecule has 0 aromatic carbocycles. The van der Waals surface area contributed by atoms with E-state index in [4.69, 9.17) is 10.00 Å². The molecule has 0 bridgehead atoms. The molecule has 9 heteroatoms. The van der Waals surface area contributed by atoms with Gasteiger partial charge in [0, 0.05) is 29.7 Å². The third kappa shape index (κ3) is 4.16. The van der Waals surface area contributed by atoms with Gasteiger partial charge in [-0.25, -0.2) is 14.5 Å². The highest BCUT2D eigenvalue weighted by molar-refractivity contribution is 5.91.